The van der Waals surface area contributed by atoms with Crippen LogP contribution in [0, 0.1) is 0 Å². The molecule has 0 saturated carbocycles. The number of fused-ring (bicyclic) bond motifs is 1. The van der Waals surface area contributed by atoms with E-state index in [2.05, 4.69) is 5.32 Å². The molecule has 2 heterocycles. The molecule has 0 atom stereocenters. The summed E-state index contributed by atoms with van der Waals surface area (Å²) < 4.78 is 1.48. The van der Waals surface area contributed by atoms with Gasteiger partial charge in [-0.05, 0) is 24.3 Å². The summed E-state index contributed by atoms with van der Waals surface area (Å²) in [5, 5.41) is 28.8. The zero-order valence-electron chi connectivity index (χ0n) is 13.5. The Labute approximate surface area is 147 Å². The molecule has 3 rings (SSSR count). The first-order valence-electron chi connectivity index (χ1n) is 7.47. The van der Waals surface area contributed by atoms with Crippen molar-refractivity contribution in [2.24, 2.45) is 0 Å². The van der Waals surface area contributed by atoms with Gasteiger partial charge in [0.05, 0.1) is 16.6 Å². The van der Waals surface area contributed by atoms with Crippen molar-refractivity contribution in [3.63, 3.8) is 0 Å². The van der Waals surface area contributed by atoms with Crippen LogP contribution in [-0.2, 0) is 4.79 Å². The molecule has 0 radical (unpaired) electrons. The lowest BCUT2D eigenvalue weighted by molar-refractivity contribution is -0.134. The molecule has 0 aliphatic carbocycles. The third kappa shape index (κ3) is 4.60. The Hall–Kier alpha value is -3.81. The van der Waals surface area contributed by atoms with Gasteiger partial charge in [-0.3, -0.25) is 4.79 Å². The van der Waals surface area contributed by atoms with Gasteiger partial charge in [-0.15, -0.1) is 0 Å². The van der Waals surface area contributed by atoms with Crippen molar-refractivity contribution in [3.8, 4) is 0 Å². The van der Waals surface area contributed by atoms with Gasteiger partial charge in [-0.2, -0.15) is 0 Å². The predicted molar refractivity (Wildman–Crippen MR) is 93.9 cm³/mol. The van der Waals surface area contributed by atoms with Gasteiger partial charge in [0.25, 0.3) is 0 Å². The average molecular weight is 356 g/mol. The standard InChI is InChI=1S/C10H7NO4.C8H9NO2/c12-9(13)6-5-11-4-2-1-3-7(11)8(6)10(14)15;10-8(11)6-9-7-4-2-1-3-5-7/h1-5H,(H,12,13)(H,14,15);1-5,9H,6H2,(H,10,11). The third-order valence-corrected chi connectivity index (χ3v) is 3.35. The Kier molecular flexibility index (Phi) is 5.94. The number of aromatic nitrogens is 1. The van der Waals surface area contributed by atoms with E-state index in [0.29, 0.717) is 5.52 Å². The first-order valence-corrected chi connectivity index (χ1v) is 7.47. The molecule has 134 valence electrons. The number of carboxylic acid groups (broad SMARTS) is 3. The normalized spacial score (nSPS) is 9.85. The molecule has 26 heavy (non-hydrogen) atoms. The number of carboxylic acids is 3. The fraction of sp³-hybridized carbons (Fsp3) is 0.0556. The van der Waals surface area contributed by atoms with E-state index in [1.54, 1.807) is 24.4 Å². The Balaban J connectivity index is 0.000000197. The maximum absolute atomic E-state index is 10.9. The van der Waals surface area contributed by atoms with Crippen molar-refractivity contribution in [2.45, 2.75) is 0 Å². The van der Waals surface area contributed by atoms with Crippen LogP contribution >= 0.6 is 0 Å². The Bertz CT molecular complexity index is 933. The first kappa shape index (κ1) is 18.5. The molecule has 3 aromatic rings. The minimum atomic E-state index is -1.24. The van der Waals surface area contributed by atoms with Crippen LogP contribution in [0.5, 0.6) is 0 Å². The smallest absolute Gasteiger partial charge is 0.338 e. The van der Waals surface area contributed by atoms with Crippen LogP contribution in [0.25, 0.3) is 5.52 Å². The summed E-state index contributed by atoms with van der Waals surface area (Å²) in [5.41, 5.74) is 0.828. The van der Waals surface area contributed by atoms with Crippen LogP contribution < -0.4 is 5.32 Å². The molecule has 0 bridgehead atoms. The molecule has 0 aliphatic rings. The minimum Gasteiger partial charge on any atom is -0.480 e. The monoisotopic (exact) mass is 356 g/mol. The molecule has 0 amide bonds. The largest absolute Gasteiger partial charge is 0.480 e. The molecule has 1 aromatic carbocycles. The van der Waals surface area contributed by atoms with Crippen LogP contribution in [0.4, 0.5) is 5.69 Å². The molecule has 2 aromatic heterocycles. The number of nitrogens with one attached hydrogen (secondary N) is 1. The number of pyridine rings is 1. The van der Waals surface area contributed by atoms with Gasteiger partial charge in [0.2, 0.25) is 0 Å². The molecule has 8 heteroatoms. The lowest BCUT2D eigenvalue weighted by Crippen LogP contribution is -2.11. The number of nitrogens with zero attached hydrogens (tertiary/aromatic N) is 1. The van der Waals surface area contributed by atoms with Crippen LogP contribution in [0.3, 0.4) is 0 Å². The Morgan fingerprint density at radius 2 is 1.54 bits per heavy atom. The van der Waals surface area contributed by atoms with Crippen molar-refractivity contribution in [3.05, 3.63) is 72.1 Å². The number of para-hydroxylation sites is 1. The van der Waals surface area contributed by atoms with E-state index in [9.17, 15) is 14.4 Å². The van der Waals surface area contributed by atoms with Gasteiger partial charge in [0, 0.05) is 18.1 Å². The molecule has 0 unspecified atom stereocenters. The molecule has 0 aliphatic heterocycles. The number of anilines is 1. The second kappa shape index (κ2) is 8.34. The maximum Gasteiger partial charge on any atom is 0.338 e. The predicted octanol–water partition coefficient (Wildman–Crippen LogP) is 2.52. The summed E-state index contributed by atoms with van der Waals surface area (Å²) in [7, 11) is 0. The highest BCUT2D eigenvalue weighted by Gasteiger charge is 2.21. The first-order chi connectivity index (χ1) is 12.4. The quantitative estimate of drug-likeness (QED) is 0.553. The number of benzene rings is 1. The maximum atomic E-state index is 10.9. The van der Waals surface area contributed by atoms with Crippen LogP contribution in [0.2, 0.25) is 0 Å². The number of hydrogen-bond acceptors (Lipinski definition) is 4. The van der Waals surface area contributed by atoms with E-state index in [4.69, 9.17) is 15.3 Å². The van der Waals surface area contributed by atoms with E-state index in [0.717, 1.165) is 5.69 Å². The number of hydrogen-bond donors (Lipinski definition) is 4. The van der Waals surface area contributed by atoms with E-state index in [1.807, 2.05) is 30.3 Å². The van der Waals surface area contributed by atoms with Crippen LogP contribution in [0.15, 0.2) is 60.9 Å². The van der Waals surface area contributed by atoms with E-state index in [1.165, 1.54) is 10.6 Å². The lowest BCUT2D eigenvalue weighted by atomic mass is 10.1. The molecule has 4 N–H and O–H groups in total. The topological polar surface area (TPSA) is 128 Å². The molecular formula is C18H16N2O6. The van der Waals surface area contributed by atoms with E-state index in [-0.39, 0.29) is 17.7 Å². The minimum absolute atomic E-state index is 0.0377. The summed E-state index contributed by atoms with van der Waals surface area (Å²) in [6, 6.07) is 14.2. The highest BCUT2D eigenvalue weighted by molar-refractivity contribution is 6.07. The fourth-order valence-corrected chi connectivity index (χ4v) is 2.24. The van der Waals surface area contributed by atoms with Gasteiger partial charge in [0.15, 0.2) is 0 Å². The highest BCUT2D eigenvalue weighted by atomic mass is 16.4. The van der Waals surface area contributed by atoms with Crippen molar-refractivity contribution < 1.29 is 29.7 Å². The van der Waals surface area contributed by atoms with Crippen molar-refractivity contribution >= 4 is 29.1 Å². The number of aliphatic carboxylic acids is 1. The van der Waals surface area contributed by atoms with E-state index < -0.39 is 17.9 Å². The zero-order valence-corrected chi connectivity index (χ0v) is 13.5. The number of carbonyl (C=O) groups is 3. The van der Waals surface area contributed by atoms with Crippen molar-refractivity contribution in [1.82, 2.24) is 4.40 Å². The van der Waals surface area contributed by atoms with Crippen LogP contribution in [-0.4, -0.2) is 44.2 Å². The highest BCUT2D eigenvalue weighted by Crippen LogP contribution is 2.18. The zero-order chi connectivity index (χ0) is 19.1. The van der Waals surface area contributed by atoms with Gasteiger partial charge in [-0.25, -0.2) is 9.59 Å². The average Bonchev–Trinajstić information content (AvgIpc) is 3.01. The summed E-state index contributed by atoms with van der Waals surface area (Å²) in [6.45, 7) is -0.0377. The van der Waals surface area contributed by atoms with E-state index >= 15 is 0 Å². The van der Waals surface area contributed by atoms with Gasteiger partial charge >= 0.3 is 17.9 Å². The summed E-state index contributed by atoms with van der Waals surface area (Å²) in [5.74, 6) is -3.33. The molecule has 8 nitrogen and oxygen atoms in total. The second-order valence-corrected chi connectivity index (χ2v) is 5.13. The molecule has 0 saturated heterocycles. The number of aromatic carboxylic acids is 2. The summed E-state index contributed by atoms with van der Waals surface area (Å²) in [6.07, 6.45) is 2.90. The van der Waals surface area contributed by atoms with Gasteiger partial charge < -0.3 is 25.0 Å². The Morgan fingerprint density at radius 3 is 2.12 bits per heavy atom. The SMILES string of the molecule is O=C(O)CNc1ccccc1.O=C(O)c1cn2ccccc2c1C(=O)O. The molecular weight excluding hydrogens is 340 g/mol. The van der Waals surface area contributed by atoms with Crippen molar-refractivity contribution in [2.75, 3.05) is 11.9 Å². The van der Waals surface area contributed by atoms with Gasteiger partial charge in [0.1, 0.15) is 6.54 Å². The Morgan fingerprint density at radius 1 is 0.885 bits per heavy atom. The lowest BCUT2D eigenvalue weighted by Gasteiger charge is -2.00. The summed E-state index contributed by atoms with van der Waals surface area (Å²) in [4.78, 5) is 31.9. The van der Waals surface area contributed by atoms with Gasteiger partial charge in [-0.1, -0.05) is 24.3 Å². The third-order valence-electron chi connectivity index (χ3n) is 3.35. The second-order valence-electron chi connectivity index (χ2n) is 5.13. The fourth-order valence-electron chi connectivity index (χ4n) is 2.24. The number of rotatable bonds is 5. The summed E-state index contributed by atoms with van der Waals surface area (Å²) >= 11 is 0. The van der Waals surface area contributed by atoms with Crippen molar-refractivity contribution in [1.29, 1.82) is 0 Å². The molecule has 0 spiro atoms. The van der Waals surface area contributed by atoms with Crippen LogP contribution in [0.1, 0.15) is 20.7 Å². The molecule has 0 fully saturated rings.